The fourth-order valence-corrected chi connectivity index (χ4v) is 3.77. The Labute approximate surface area is 159 Å². The molecule has 0 aliphatic carbocycles. The minimum Gasteiger partial charge on any atom is -0.494 e. The summed E-state index contributed by atoms with van der Waals surface area (Å²) in [5.41, 5.74) is 2.52. The first-order chi connectivity index (χ1) is 12.6. The molecule has 2 aromatic heterocycles. The van der Waals surface area contributed by atoms with E-state index in [1.54, 1.807) is 12.3 Å². The van der Waals surface area contributed by atoms with Gasteiger partial charge >= 0.3 is 4.87 Å². The molecule has 2 heterocycles. The smallest absolute Gasteiger partial charge is 0.307 e. The van der Waals surface area contributed by atoms with Crippen LogP contribution in [0.1, 0.15) is 19.0 Å². The molecule has 0 aliphatic heterocycles. The van der Waals surface area contributed by atoms with E-state index in [-0.39, 0.29) is 17.3 Å². The van der Waals surface area contributed by atoms with Crippen LogP contribution in [0.3, 0.4) is 0 Å². The number of nitrogens with zero attached hydrogens (tertiary/aromatic N) is 2. The maximum atomic E-state index is 12.2. The molecule has 0 saturated heterocycles. The Bertz CT molecular complexity index is 941. The number of thiazole rings is 2. The topological polar surface area (TPSA) is 73.2 Å². The molecule has 0 saturated carbocycles. The molecule has 3 rings (SSSR count). The normalized spacial score (nSPS) is 10.7. The van der Waals surface area contributed by atoms with Crippen molar-refractivity contribution in [1.29, 1.82) is 0 Å². The van der Waals surface area contributed by atoms with Crippen LogP contribution in [0, 0.1) is 6.92 Å². The second kappa shape index (κ2) is 8.29. The minimum atomic E-state index is -0.266. The summed E-state index contributed by atoms with van der Waals surface area (Å²) in [6.07, 6.45) is 0.966. The Morgan fingerprint density at radius 1 is 1.23 bits per heavy atom. The van der Waals surface area contributed by atoms with Crippen LogP contribution in [0.5, 0.6) is 5.75 Å². The summed E-state index contributed by atoms with van der Waals surface area (Å²) in [6, 6.07) is 7.71. The lowest BCUT2D eigenvalue weighted by molar-refractivity contribution is -0.116. The molecule has 0 bridgehead atoms. The van der Waals surface area contributed by atoms with Crippen LogP contribution < -0.4 is 14.9 Å². The van der Waals surface area contributed by atoms with Crippen molar-refractivity contribution in [2.24, 2.45) is 0 Å². The number of ether oxygens (including phenoxy) is 1. The Morgan fingerprint density at radius 3 is 2.65 bits per heavy atom. The van der Waals surface area contributed by atoms with Crippen molar-refractivity contribution < 1.29 is 9.53 Å². The van der Waals surface area contributed by atoms with Crippen molar-refractivity contribution in [3.05, 3.63) is 50.4 Å². The van der Waals surface area contributed by atoms with Gasteiger partial charge in [-0.05, 0) is 37.6 Å². The zero-order valence-electron chi connectivity index (χ0n) is 14.5. The van der Waals surface area contributed by atoms with Gasteiger partial charge in [-0.2, -0.15) is 0 Å². The average Bonchev–Trinajstić information content (AvgIpc) is 3.22. The molecular formula is C18H19N3O3S2. The summed E-state index contributed by atoms with van der Waals surface area (Å²) in [4.78, 5) is 28.2. The number of hydrogen-bond donors (Lipinski definition) is 1. The fourth-order valence-electron chi connectivity index (χ4n) is 2.30. The van der Waals surface area contributed by atoms with Gasteiger partial charge in [-0.25, -0.2) is 4.98 Å². The molecule has 1 amide bonds. The highest BCUT2D eigenvalue weighted by Crippen LogP contribution is 2.26. The van der Waals surface area contributed by atoms with Crippen molar-refractivity contribution in [2.75, 3.05) is 11.9 Å². The lowest BCUT2D eigenvalue weighted by Crippen LogP contribution is -2.25. The maximum absolute atomic E-state index is 12.2. The number of carbonyl (C=O) groups is 1. The Balaban J connectivity index is 1.64. The van der Waals surface area contributed by atoms with Crippen LogP contribution in [0.2, 0.25) is 0 Å². The second-order valence-electron chi connectivity index (χ2n) is 5.69. The number of nitrogens with one attached hydrogen (secondary N) is 1. The molecule has 136 valence electrons. The first-order valence-electron chi connectivity index (χ1n) is 8.20. The van der Waals surface area contributed by atoms with Crippen molar-refractivity contribution in [3.63, 3.8) is 0 Å². The molecular weight excluding hydrogens is 370 g/mol. The number of benzene rings is 1. The molecule has 8 heteroatoms. The summed E-state index contributed by atoms with van der Waals surface area (Å²) >= 11 is 2.44. The first kappa shape index (κ1) is 18.3. The summed E-state index contributed by atoms with van der Waals surface area (Å²) in [7, 11) is 0. The number of amides is 1. The molecule has 1 aromatic carbocycles. The van der Waals surface area contributed by atoms with Crippen LogP contribution in [0.25, 0.3) is 11.3 Å². The molecule has 0 aliphatic rings. The van der Waals surface area contributed by atoms with Gasteiger partial charge in [-0.1, -0.05) is 18.3 Å². The van der Waals surface area contributed by atoms with E-state index in [9.17, 15) is 9.59 Å². The molecule has 0 unspecified atom stereocenters. The second-order valence-corrected chi connectivity index (χ2v) is 7.37. The standard InChI is InChI=1S/C18H19N3O3S2/c1-3-8-24-14-6-4-13(5-7-14)15-11-25-17(19-15)20-16(22)9-21-12(2)10-26-18(21)23/h4-7,10-11H,3,8-9H2,1-2H3,(H,19,20,22). The van der Waals surface area contributed by atoms with Crippen LogP contribution in [-0.2, 0) is 11.3 Å². The van der Waals surface area contributed by atoms with Gasteiger partial charge in [0.25, 0.3) is 0 Å². The van der Waals surface area contributed by atoms with Crippen LogP contribution in [0.4, 0.5) is 5.13 Å². The summed E-state index contributed by atoms with van der Waals surface area (Å²) in [5.74, 6) is 0.564. The third-order valence-corrected chi connectivity index (χ3v) is 5.29. The zero-order chi connectivity index (χ0) is 18.5. The van der Waals surface area contributed by atoms with E-state index in [0.717, 1.165) is 40.5 Å². The Hall–Kier alpha value is -2.45. The number of anilines is 1. The van der Waals surface area contributed by atoms with Crippen molar-refractivity contribution >= 4 is 33.7 Å². The monoisotopic (exact) mass is 389 g/mol. The fraction of sp³-hybridized carbons (Fsp3) is 0.278. The van der Waals surface area contributed by atoms with E-state index in [1.165, 1.54) is 15.9 Å². The lowest BCUT2D eigenvalue weighted by atomic mass is 10.2. The Morgan fingerprint density at radius 2 is 2.00 bits per heavy atom. The number of carbonyl (C=O) groups excluding carboxylic acids is 1. The molecule has 0 fully saturated rings. The molecule has 1 N–H and O–H groups in total. The van der Waals surface area contributed by atoms with Gasteiger partial charge < -0.3 is 10.1 Å². The van der Waals surface area contributed by atoms with Gasteiger partial charge in [-0.15, -0.1) is 11.3 Å². The average molecular weight is 390 g/mol. The van der Waals surface area contributed by atoms with Gasteiger partial charge in [0.2, 0.25) is 5.91 Å². The predicted molar refractivity (Wildman–Crippen MR) is 105 cm³/mol. The molecule has 0 radical (unpaired) electrons. The Kier molecular flexibility index (Phi) is 5.85. The molecule has 26 heavy (non-hydrogen) atoms. The van der Waals surface area contributed by atoms with E-state index < -0.39 is 0 Å². The highest BCUT2D eigenvalue weighted by Gasteiger charge is 2.11. The molecule has 6 nitrogen and oxygen atoms in total. The van der Waals surface area contributed by atoms with Gasteiger partial charge in [0.1, 0.15) is 12.3 Å². The molecule has 0 spiro atoms. The molecule has 3 aromatic rings. The van der Waals surface area contributed by atoms with Crippen molar-refractivity contribution in [1.82, 2.24) is 9.55 Å². The van der Waals surface area contributed by atoms with Gasteiger partial charge in [0, 0.05) is 22.0 Å². The van der Waals surface area contributed by atoms with Crippen LogP contribution in [-0.4, -0.2) is 22.1 Å². The van der Waals surface area contributed by atoms with Crippen LogP contribution in [0.15, 0.2) is 39.8 Å². The minimum absolute atomic E-state index is 0.00740. The zero-order valence-corrected chi connectivity index (χ0v) is 16.2. The van der Waals surface area contributed by atoms with E-state index in [1.807, 2.05) is 29.6 Å². The van der Waals surface area contributed by atoms with Crippen molar-refractivity contribution in [2.45, 2.75) is 26.8 Å². The first-order valence-corrected chi connectivity index (χ1v) is 9.96. The predicted octanol–water partition coefficient (Wildman–Crippen LogP) is 3.77. The van der Waals surface area contributed by atoms with Crippen molar-refractivity contribution in [3.8, 4) is 17.0 Å². The molecule has 0 atom stereocenters. The lowest BCUT2D eigenvalue weighted by Gasteiger charge is -2.05. The SMILES string of the molecule is CCCOc1ccc(-c2csc(NC(=O)Cn3c(C)csc3=O)n2)cc1. The summed E-state index contributed by atoms with van der Waals surface area (Å²) < 4.78 is 7.02. The summed E-state index contributed by atoms with van der Waals surface area (Å²) in [6.45, 7) is 4.56. The highest BCUT2D eigenvalue weighted by atomic mass is 32.1. The third kappa shape index (κ3) is 4.39. The highest BCUT2D eigenvalue weighted by molar-refractivity contribution is 7.14. The van der Waals surface area contributed by atoms with E-state index >= 15 is 0 Å². The quantitative estimate of drug-likeness (QED) is 0.668. The van der Waals surface area contributed by atoms with Gasteiger partial charge in [0.15, 0.2) is 5.13 Å². The number of aryl methyl sites for hydroxylation is 1. The van der Waals surface area contributed by atoms with E-state index in [0.29, 0.717) is 11.7 Å². The van der Waals surface area contributed by atoms with E-state index in [4.69, 9.17) is 4.74 Å². The number of rotatable bonds is 7. The third-order valence-electron chi connectivity index (χ3n) is 3.65. The summed E-state index contributed by atoms with van der Waals surface area (Å²) in [5, 5.41) is 6.89. The van der Waals surface area contributed by atoms with Crippen LogP contribution >= 0.6 is 22.7 Å². The van der Waals surface area contributed by atoms with Gasteiger partial charge in [-0.3, -0.25) is 14.2 Å². The number of hydrogen-bond acceptors (Lipinski definition) is 6. The number of aromatic nitrogens is 2. The largest absolute Gasteiger partial charge is 0.494 e. The van der Waals surface area contributed by atoms with E-state index in [2.05, 4.69) is 17.2 Å². The maximum Gasteiger partial charge on any atom is 0.307 e. The van der Waals surface area contributed by atoms with Gasteiger partial charge in [0.05, 0.1) is 12.3 Å².